The molecule has 1 N–H and O–H groups in total. The maximum Gasteiger partial charge on any atom is 0.248 e. The number of ether oxygens (including phenoxy) is 1. The highest BCUT2D eigenvalue weighted by Crippen LogP contribution is 2.53. The third kappa shape index (κ3) is 3.12. The van der Waals surface area contributed by atoms with Crippen LogP contribution >= 0.6 is 0 Å². The van der Waals surface area contributed by atoms with E-state index in [4.69, 9.17) is 4.74 Å². The first-order valence-corrected chi connectivity index (χ1v) is 9.84. The van der Waals surface area contributed by atoms with Gasteiger partial charge in [-0.25, -0.2) is 0 Å². The molecule has 0 aromatic heterocycles. The van der Waals surface area contributed by atoms with Gasteiger partial charge in [-0.2, -0.15) is 0 Å². The first kappa shape index (κ1) is 19.6. The molecule has 0 radical (unpaired) electrons. The molecular weight excluding hydrogens is 368 g/mol. The third-order valence-corrected chi connectivity index (χ3v) is 6.23. The molecule has 2 saturated heterocycles. The SMILES string of the molecule is COCC(=O)N1CC2(C1)[C@@H](c1ccc(-c3ccccc3)cc1)[C@H](CO)N2C(C)=O. The highest BCUT2D eigenvalue weighted by molar-refractivity contribution is 5.82. The van der Waals surface area contributed by atoms with Crippen LogP contribution in [0.15, 0.2) is 54.6 Å². The van der Waals surface area contributed by atoms with Crippen LogP contribution in [-0.4, -0.2) is 71.7 Å². The van der Waals surface area contributed by atoms with E-state index in [0.717, 1.165) is 16.7 Å². The maximum absolute atomic E-state index is 12.3. The van der Waals surface area contributed by atoms with Crippen molar-refractivity contribution in [2.75, 3.05) is 33.4 Å². The fourth-order valence-corrected chi connectivity index (χ4v) is 5.04. The molecule has 2 amide bonds. The second-order valence-corrected chi connectivity index (χ2v) is 7.89. The number of likely N-dealkylation sites (tertiary alicyclic amines) is 2. The Bertz CT molecular complexity index is 891. The maximum atomic E-state index is 12.3. The Hall–Kier alpha value is -2.70. The summed E-state index contributed by atoms with van der Waals surface area (Å²) in [5.74, 6) is -0.153. The Morgan fingerprint density at radius 1 is 1.07 bits per heavy atom. The molecule has 2 aliphatic heterocycles. The first-order valence-electron chi connectivity index (χ1n) is 9.84. The minimum Gasteiger partial charge on any atom is -0.394 e. The zero-order valence-electron chi connectivity index (χ0n) is 16.7. The van der Waals surface area contributed by atoms with Crippen molar-refractivity contribution in [1.82, 2.24) is 9.80 Å². The van der Waals surface area contributed by atoms with Gasteiger partial charge in [0.25, 0.3) is 0 Å². The van der Waals surface area contributed by atoms with Crippen molar-refractivity contribution in [1.29, 1.82) is 0 Å². The largest absolute Gasteiger partial charge is 0.394 e. The molecule has 0 bridgehead atoms. The molecule has 152 valence electrons. The van der Waals surface area contributed by atoms with E-state index in [1.54, 1.807) is 9.80 Å². The van der Waals surface area contributed by atoms with Gasteiger partial charge in [-0.1, -0.05) is 54.6 Å². The second kappa shape index (κ2) is 7.61. The van der Waals surface area contributed by atoms with E-state index in [2.05, 4.69) is 36.4 Å². The Morgan fingerprint density at radius 3 is 2.24 bits per heavy atom. The number of methoxy groups -OCH3 is 1. The lowest BCUT2D eigenvalue weighted by Gasteiger charge is -2.70. The standard InChI is InChI=1S/C23H26N2O4/c1-16(27)25-20(12-26)22(23(25)14-24(15-23)21(28)13-29-2)19-10-8-18(9-11-19)17-6-4-3-5-7-17/h3-11,20,22,26H,12-15H2,1-2H3/t20-,22-/m0/s1. The summed E-state index contributed by atoms with van der Waals surface area (Å²) in [5, 5.41) is 9.99. The molecule has 2 aromatic carbocycles. The summed E-state index contributed by atoms with van der Waals surface area (Å²) >= 11 is 0. The van der Waals surface area contributed by atoms with Crippen LogP contribution in [0.1, 0.15) is 18.4 Å². The molecule has 6 heteroatoms. The lowest BCUT2D eigenvalue weighted by molar-refractivity contribution is -0.202. The van der Waals surface area contributed by atoms with Gasteiger partial charge in [0, 0.05) is 33.0 Å². The van der Waals surface area contributed by atoms with Gasteiger partial charge in [-0.15, -0.1) is 0 Å². The predicted molar refractivity (Wildman–Crippen MR) is 109 cm³/mol. The molecule has 2 fully saturated rings. The lowest BCUT2D eigenvalue weighted by Crippen LogP contribution is -2.85. The summed E-state index contributed by atoms with van der Waals surface area (Å²) in [7, 11) is 1.50. The Balaban J connectivity index is 1.61. The molecule has 0 unspecified atom stereocenters. The van der Waals surface area contributed by atoms with Crippen molar-refractivity contribution < 1.29 is 19.4 Å². The van der Waals surface area contributed by atoms with Crippen LogP contribution in [0.3, 0.4) is 0 Å². The van der Waals surface area contributed by atoms with Crippen LogP contribution in [-0.2, 0) is 14.3 Å². The first-order chi connectivity index (χ1) is 14.0. The summed E-state index contributed by atoms with van der Waals surface area (Å²) in [6.07, 6.45) is 0. The van der Waals surface area contributed by atoms with Crippen LogP contribution in [0.25, 0.3) is 11.1 Å². The van der Waals surface area contributed by atoms with Gasteiger partial charge in [-0.3, -0.25) is 9.59 Å². The summed E-state index contributed by atoms with van der Waals surface area (Å²) < 4.78 is 4.95. The number of amides is 2. The second-order valence-electron chi connectivity index (χ2n) is 7.89. The fourth-order valence-electron chi connectivity index (χ4n) is 5.04. The molecule has 2 atom stereocenters. The van der Waals surface area contributed by atoms with Gasteiger partial charge in [0.1, 0.15) is 6.61 Å². The number of benzene rings is 2. The quantitative estimate of drug-likeness (QED) is 0.841. The molecule has 6 nitrogen and oxygen atoms in total. The van der Waals surface area contributed by atoms with E-state index in [0.29, 0.717) is 13.1 Å². The minimum atomic E-state index is -0.448. The van der Waals surface area contributed by atoms with Gasteiger partial charge in [0.15, 0.2) is 0 Å². The summed E-state index contributed by atoms with van der Waals surface area (Å²) in [6.45, 7) is 2.40. The zero-order chi connectivity index (χ0) is 20.6. The number of nitrogens with zero attached hydrogens (tertiary/aromatic N) is 2. The number of hydrogen-bond donors (Lipinski definition) is 1. The normalized spacial score (nSPS) is 22.2. The molecule has 0 saturated carbocycles. The molecular formula is C23H26N2O4. The predicted octanol–water partition coefficient (Wildman–Crippen LogP) is 1.89. The van der Waals surface area contributed by atoms with Crippen LogP contribution < -0.4 is 0 Å². The van der Waals surface area contributed by atoms with E-state index in [-0.39, 0.29) is 37.0 Å². The van der Waals surface area contributed by atoms with E-state index in [1.807, 2.05) is 18.2 Å². The van der Waals surface area contributed by atoms with Crippen LogP contribution in [0, 0.1) is 0 Å². The average molecular weight is 394 g/mol. The summed E-state index contributed by atoms with van der Waals surface area (Å²) in [4.78, 5) is 28.0. The van der Waals surface area contributed by atoms with E-state index in [9.17, 15) is 14.7 Å². The van der Waals surface area contributed by atoms with Crippen molar-refractivity contribution in [3.63, 3.8) is 0 Å². The van der Waals surface area contributed by atoms with Crippen LogP contribution in [0.5, 0.6) is 0 Å². The third-order valence-electron chi connectivity index (χ3n) is 6.23. The number of rotatable bonds is 5. The average Bonchev–Trinajstić information content (AvgIpc) is 2.67. The van der Waals surface area contributed by atoms with Gasteiger partial charge < -0.3 is 19.6 Å². The molecule has 2 aliphatic rings. The van der Waals surface area contributed by atoms with Gasteiger partial charge in [0.2, 0.25) is 11.8 Å². The van der Waals surface area contributed by atoms with Crippen molar-refractivity contribution >= 4 is 11.8 Å². The van der Waals surface area contributed by atoms with Crippen molar-refractivity contribution in [2.24, 2.45) is 0 Å². The van der Waals surface area contributed by atoms with Crippen LogP contribution in [0.2, 0.25) is 0 Å². The molecule has 4 rings (SSSR count). The van der Waals surface area contributed by atoms with Crippen LogP contribution in [0.4, 0.5) is 0 Å². The van der Waals surface area contributed by atoms with E-state index < -0.39 is 5.54 Å². The fraction of sp³-hybridized carbons (Fsp3) is 0.391. The number of carbonyl (C=O) groups is 2. The monoisotopic (exact) mass is 394 g/mol. The summed E-state index contributed by atoms with van der Waals surface area (Å²) in [5.41, 5.74) is 2.90. The minimum absolute atomic E-state index is 0.00665. The number of aliphatic hydroxyl groups is 1. The van der Waals surface area contributed by atoms with E-state index in [1.165, 1.54) is 14.0 Å². The molecule has 2 aromatic rings. The van der Waals surface area contributed by atoms with Crippen molar-refractivity contribution in [3.05, 3.63) is 60.2 Å². The van der Waals surface area contributed by atoms with Gasteiger partial charge in [-0.05, 0) is 16.7 Å². The Morgan fingerprint density at radius 2 is 1.69 bits per heavy atom. The number of hydrogen-bond acceptors (Lipinski definition) is 4. The Labute approximate surface area is 170 Å². The van der Waals surface area contributed by atoms with Crippen molar-refractivity contribution in [3.8, 4) is 11.1 Å². The smallest absolute Gasteiger partial charge is 0.248 e. The molecule has 1 spiro atoms. The van der Waals surface area contributed by atoms with Gasteiger partial charge >= 0.3 is 0 Å². The highest BCUT2D eigenvalue weighted by Gasteiger charge is 2.67. The number of carbonyl (C=O) groups excluding carboxylic acids is 2. The zero-order valence-corrected chi connectivity index (χ0v) is 16.7. The molecule has 2 heterocycles. The van der Waals surface area contributed by atoms with E-state index >= 15 is 0 Å². The molecule has 29 heavy (non-hydrogen) atoms. The topological polar surface area (TPSA) is 70.1 Å². The Kier molecular flexibility index (Phi) is 5.15. The summed E-state index contributed by atoms with van der Waals surface area (Å²) in [6, 6.07) is 18.2. The highest BCUT2D eigenvalue weighted by atomic mass is 16.5. The molecule has 0 aliphatic carbocycles. The van der Waals surface area contributed by atoms with Crippen molar-refractivity contribution in [2.45, 2.75) is 24.4 Å². The number of aliphatic hydroxyl groups excluding tert-OH is 1. The lowest BCUT2D eigenvalue weighted by atomic mass is 9.60. The van der Waals surface area contributed by atoms with Gasteiger partial charge in [0.05, 0.1) is 18.2 Å².